The van der Waals surface area contributed by atoms with Gasteiger partial charge >= 0.3 is 5.97 Å². The van der Waals surface area contributed by atoms with Crippen molar-refractivity contribution in [2.24, 2.45) is 5.73 Å². The lowest BCUT2D eigenvalue weighted by molar-refractivity contribution is -0.266. The van der Waals surface area contributed by atoms with Crippen molar-refractivity contribution in [2.45, 2.75) is 217 Å². The maximum absolute atomic E-state index is 12.9. The van der Waals surface area contributed by atoms with E-state index in [0.29, 0.717) is 25.8 Å². The zero-order valence-corrected chi connectivity index (χ0v) is 37.5. The number of hydrogen-bond donors (Lipinski definition) is 10. The summed E-state index contributed by atoms with van der Waals surface area (Å²) in [6.07, 6.45) is 12.3. The third-order valence-corrected chi connectivity index (χ3v) is 10.9. The summed E-state index contributed by atoms with van der Waals surface area (Å²) in [7, 11) is 0. The van der Waals surface area contributed by atoms with E-state index < -0.39 is 97.0 Å². The van der Waals surface area contributed by atoms with Crippen molar-refractivity contribution in [3.05, 3.63) is 0 Å². The average Bonchev–Trinajstić information content (AvgIpc) is 3.22. The molecular weight excluding hydrogens is 809 g/mol. The minimum atomic E-state index is -1.68. The van der Waals surface area contributed by atoms with Crippen LogP contribution in [-0.2, 0) is 43.0 Å². The zero-order valence-electron chi connectivity index (χ0n) is 37.5. The molecule has 6 amide bonds. The number of unbranched alkanes of at least 4 members (excludes halogenated alkanes) is 15. The number of carboxylic acids is 1. The fourth-order valence-electron chi connectivity index (χ4n) is 7.16. The second-order valence-corrected chi connectivity index (χ2v) is 16.4. The van der Waals surface area contributed by atoms with E-state index in [1.165, 1.54) is 90.9 Å². The predicted octanol–water partition coefficient (Wildman–Crippen LogP) is 1.71. The summed E-state index contributed by atoms with van der Waals surface area (Å²) in [5.41, 5.74) is 5.45. The van der Waals surface area contributed by atoms with Gasteiger partial charge in [0, 0.05) is 26.3 Å². The zero-order chi connectivity index (χ0) is 46.5. The molecule has 0 saturated carbocycles. The topological polar surface area (TPSA) is 305 Å². The molecule has 0 spiro atoms. The number of nitrogens with two attached hydrogens (primary N) is 1. The number of carbonyl (C=O) groups excluding carboxylic acids is 6. The molecule has 1 fully saturated rings. The summed E-state index contributed by atoms with van der Waals surface area (Å²) in [5.74, 6) is -5.26. The molecule has 1 saturated heterocycles. The molecule has 0 aromatic heterocycles. The molecular formula is C43H78N6O13. The normalized spacial score (nSPS) is 20.5. The van der Waals surface area contributed by atoms with Crippen molar-refractivity contribution in [1.82, 2.24) is 26.6 Å². The van der Waals surface area contributed by atoms with Crippen LogP contribution in [0.1, 0.15) is 163 Å². The molecule has 1 aliphatic rings. The Morgan fingerprint density at radius 1 is 0.694 bits per heavy atom. The number of carbonyl (C=O) groups is 7. The van der Waals surface area contributed by atoms with Crippen molar-refractivity contribution in [3.8, 4) is 0 Å². The lowest BCUT2D eigenvalue weighted by Gasteiger charge is -2.43. The second-order valence-electron chi connectivity index (χ2n) is 16.4. The van der Waals surface area contributed by atoms with E-state index in [-0.39, 0.29) is 25.2 Å². The highest BCUT2D eigenvalue weighted by Crippen LogP contribution is 2.24. The van der Waals surface area contributed by atoms with E-state index in [0.717, 1.165) is 26.2 Å². The Morgan fingerprint density at radius 2 is 1.26 bits per heavy atom. The summed E-state index contributed by atoms with van der Waals surface area (Å²) < 4.78 is 10.8. The number of carboxylic acid groups (broad SMARTS) is 1. The van der Waals surface area contributed by atoms with Gasteiger partial charge in [-0.3, -0.25) is 28.8 Å². The van der Waals surface area contributed by atoms with Gasteiger partial charge in [-0.15, -0.1) is 0 Å². The Labute approximate surface area is 367 Å². The third-order valence-electron chi connectivity index (χ3n) is 10.9. The Bertz CT molecular complexity index is 1360. The molecule has 0 aromatic carbocycles. The summed E-state index contributed by atoms with van der Waals surface area (Å²) in [4.78, 5) is 86.4. The van der Waals surface area contributed by atoms with Gasteiger partial charge in [0.1, 0.15) is 48.6 Å². The van der Waals surface area contributed by atoms with E-state index in [1.54, 1.807) is 0 Å². The Morgan fingerprint density at radius 3 is 1.77 bits per heavy atom. The number of hydrogen-bond acceptors (Lipinski definition) is 12. The first-order valence-corrected chi connectivity index (χ1v) is 22.8. The van der Waals surface area contributed by atoms with Crippen molar-refractivity contribution >= 4 is 41.4 Å². The second kappa shape index (κ2) is 32.7. The van der Waals surface area contributed by atoms with Gasteiger partial charge in [-0.2, -0.15) is 0 Å². The predicted molar refractivity (Wildman–Crippen MR) is 230 cm³/mol. The van der Waals surface area contributed by atoms with Crippen LogP contribution < -0.4 is 32.3 Å². The van der Waals surface area contributed by atoms with E-state index >= 15 is 0 Å². The summed E-state index contributed by atoms with van der Waals surface area (Å²) in [5, 5.41) is 52.5. The van der Waals surface area contributed by atoms with Gasteiger partial charge in [-0.1, -0.05) is 96.8 Å². The van der Waals surface area contributed by atoms with Crippen molar-refractivity contribution in [1.29, 1.82) is 0 Å². The highest BCUT2D eigenvalue weighted by molar-refractivity contribution is 5.92. The average molecular weight is 887 g/mol. The molecule has 1 aliphatic heterocycles. The van der Waals surface area contributed by atoms with Gasteiger partial charge in [0.25, 0.3) is 0 Å². The summed E-state index contributed by atoms with van der Waals surface area (Å²) in [6.45, 7) is 5.65. The van der Waals surface area contributed by atoms with Gasteiger partial charge in [0.05, 0.1) is 6.61 Å². The van der Waals surface area contributed by atoms with Crippen LogP contribution in [0.3, 0.4) is 0 Å². The largest absolute Gasteiger partial charge is 0.480 e. The first-order chi connectivity index (χ1) is 29.5. The molecule has 19 nitrogen and oxygen atoms in total. The van der Waals surface area contributed by atoms with Crippen LogP contribution in [0.25, 0.3) is 0 Å². The number of primary amides is 1. The summed E-state index contributed by atoms with van der Waals surface area (Å²) >= 11 is 0. The molecule has 1 heterocycles. The molecule has 9 atom stereocenters. The molecule has 0 aliphatic carbocycles. The Kier molecular flexibility index (Phi) is 29.6. The molecule has 1 unspecified atom stereocenters. The molecule has 0 aromatic rings. The van der Waals surface area contributed by atoms with Crippen molar-refractivity contribution in [2.75, 3.05) is 13.2 Å². The molecule has 0 bridgehead atoms. The highest BCUT2D eigenvalue weighted by Gasteiger charge is 2.47. The van der Waals surface area contributed by atoms with Crippen LogP contribution in [0.15, 0.2) is 0 Å². The molecule has 62 heavy (non-hydrogen) atoms. The minimum absolute atomic E-state index is 0.0393. The van der Waals surface area contributed by atoms with Crippen LogP contribution in [-0.4, -0.2) is 130 Å². The summed E-state index contributed by atoms with van der Waals surface area (Å²) in [6, 6.07) is -5.14. The van der Waals surface area contributed by atoms with Crippen LogP contribution in [0.5, 0.6) is 0 Å². The van der Waals surface area contributed by atoms with Crippen LogP contribution >= 0.6 is 0 Å². The highest BCUT2D eigenvalue weighted by atomic mass is 16.6. The quantitative estimate of drug-likeness (QED) is 0.0406. The lowest BCUT2D eigenvalue weighted by Crippen LogP contribution is -2.65. The van der Waals surface area contributed by atoms with E-state index in [4.69, 9.17) is 15.2 Å². The van der Waals surface area contributed by atoms with Gasteiger partial charge in [-0.25, -0.2) is 4.79 Å². The van der Waals surface area contributed by atoms with Crippen molar-refractivity contribution < 1.29 is 63.5 Å². The monoisotopic (exact) mass is 887 g/mol. The molecule has 19 heteroatoms. The Balaban J connectivity index is 2.36. The molecule has 1 rings (SSSR count). The number of aliphatic hydroxyl groups is 3. The fraction of sp³-hybridized carbons (Fsp3) is 0.837. The van der Waals surface area contributed by atoms with Crippen molar-refractivity contribution in [3.63, 3.8) is 0 Å². The van der Waals surface area contributed by atoms with Crippen LogP contribution in [0.4, 0.5) is 0 Å². The van der Waals surface area contributed by atoms with Gasteiger partial charge < -0.3 is 62.2 Å². The first kappa shape index (κ1) is 56.1. The van der Waals surface area contributed by atoms with E-state index in [1.807, 2.05) is 0 Å². The maximum atomic E-state index is 12.9. The first-order valence-electron chi connectivity index (χ1n) is 22.8. The van der Waals surface area contributed by atoms with E-state index in [9.17, 15) is 54.0 Å². The molecule has 11 N–H and O–H groups in total. The minimum Gasteiger partial charge on any atom is -0.480 e. The fourth-order valence-corrected chi connectivity index (χ4v) is 7.16. The number of rotatable bonds is 35. The SMILES string of the molecule is CCCCCCCCCCCCCCCCCC(=O)NCCCC[C@H](NC(=O)CC[C@H](NC(=O)[C@H](C)NC(=O)[C@@H](C)O[C@H]1[C@H](O)[C@@H](CO)OC(O)[C@@H]1NC(C)=O)C(N)=O)C(=O)O. The molecule has 0 radical (unpaired) electrons. The van der Waals surface area contributed by atoms with Gasteiger partial charge in [0.15, 0.2) is 6.29 Å². The number of amides is 6. The number of nitrogens with one attached hydrogen (secondary N) is 5. The van der Waals surface area contributed by atoms with Crippen LogP contribution in [0, 0.1) is 0 Å². The number of aliphatic hydroxyl groups excluding tert-OH is 3. The van der Waals surface area contributed by atoms with E-state index in [2.05, 4.69) is 33.5 Å². The number of aliphatic carboxylic acids is 1. The Hall–Kier alpha value is -3.91. The third kappa shape index (κ3) is 24.1. The van der Waals surface area contributed by atoms with Gasteiger partial charge in [0.2, 0.25) is 35.4 Å². The van der Waals surface area contributed by atoms with Crippen LogP contribution in [0.2, 0.25) is 0 Å². The maximum Gasteiger partial charge on any atom is 0.326 e. The smallest absolute Gasteiger partial charge is 0.326 e. The molecule has 358 valence electrons. The number of ether oxygens (including phenoxy) is 2. The lowest BCUT2D eigenvalue weighted by atomic mass is 9.96. The van der Waals surface area contributed by atoms with Gasteiger partial charge in [-0.05, 0) is 46.0 Å². The standard InChI is InChI=1S/C43H78N6O13/c1-5-6-7-8-9-10-11-12-13-14-15-16-17-18-19-23-34(52)45-26-21-20-22-32(42(58)59)48-35(53)25-24-31(39(44)55)49-40(56)28(2)46-41(57)29(3)61-38-36(47-30(4)51)43(60)62-33(27-50)37(38)54/h28-29,31-33,36-38,43,50,54,60H,5-27H2,1-4H3,(H2,44,55)(H,45,52)(H,46,57)(H,47,51)(H,48,53)(H,49,56)(H,58,59)/t28-,29+,31-,32-,33+,36+,37+,38+,43?/m0/s1.